The Morgan fingerprint density at radius 2 is 2.25 bits per heavy atom. The molecule has 0 spiro atoms. The molecule has 0 fully saturated rings. The van der Waals surface area contributed by atoms with Crippen LogP contribution in [0.5, 0.6) is 0 Å². The van der Waals surface area contributed by atoms with Crippen LogP contribution in [-0.4, -0.2) is 29.2 Å². The molecular weight excluding hydrogens is 250 g/mol. The Bertz CT molecular complexity index is 684. The van der Waals surface area contributed by atoms with Crippen molar-refractivity contribution in [1.82, 2.24) is 10.3 Å². The minimum Gasteiger partial charge on any atom is -0.354 e. The van der Waals surface area contributed by atoms with Gasteiger partial charge in [-0.15, -0.1) is 0 Å². The molecule has 20 heavy (non-hydrogen) atoms. The fourth-order valence-corrected chi connectivity index (χ4v) is 2.78. The van der Waals surface area contributed by atoms with Gasteiger partial charge in [0.25, 0.3) is 0 Å². The molecule has 1 aromatic carbocycles. The normalized spacial score (nSPS) is 17.7. The molecular formula is C16H19N3O. The highest BCUT2D eigenvalue weighted by molar-refractivity contribution is 6.06. The fraction of sp³-hybridized carbons (Fsp3) is 0.375. The molecule has 104 valence electrons. The Hall–Kier alpha value is -2.10. The third kappa shape index (κ3) is 2.11. The summed E-state index contributed by atoms with van der Waals surface area (Å²) in [6.45, 7) is 4.73. The van der Waals surface area contributed by atoms with E-state index in [9.17, 15) is 4.79 Å². The summed E-state index contributed by atoms with van der Waals surface area (Å²) in [6.07, 6.45) is 1.62. The van der Waals surface area contributed by atoms with Crippen molar-refractivity contribution in [3.63, 3.8) is 0 Å². The number of fused-ring (bicyclic) bond motifs is 3. The van der Waals surface area contributed by atoms with Gasteiger partial charge >= 0.3 is 0 Å². The number of H-pyrrole nitrogens is 1. The van der Waals surface area contributed by atoms with Crippen LogP contribution in [0.2, 0.25) is 0 Å². The number of carbonyl (C=O) groups excluding carboxylic acids is 1. The van der Waals surface area contributed by atoms with Crippen LogP contribution in [0.1, 0.15) is 31.5 Å². The number of rotatable bonds is 3. The average Bonchev–Trinajstić information content (AvgIpc) is 2.84. The summed E-state index contributed by atoms with van der Waals surface area (Å²) >= 11 is 0. The first-order chi connectivity index (χ1) is 9.70. The van der Waals surface area contributed by atoms with Crippen molar-refractivity contribution >= 4 is 22.5 Å². The van der Waals surface area contributed by atoms with Crippen molar-refractivity contribution in [3.05, 3.63) is 35.5 Å². The van der Waals surface area contributed by atoms with E-state index in [2.05, 4.69) is 27.4 Å². The van der Waals surface area contributed by atoms with E-state index in [1.54, 1.807) is 0 Å². The number of hydrogen-bond donors (Lipinski definition) is 2. The molecule has 2 aromatic rings. The van der Waals surface area contributed by atoms with Crippen molar-refractivity contribution in [2.45, 2.75) is 32.7 Å². The van der Waals surface area contributed by atoms with E-state index in [1.807, 2.05) is 26.0 Å². The number of aliphatic imine (C=N–C) groups is 1. The fourth-order valence-electron chi connectivity index (χ4n) is 2.78. The zero-order chi connectivity index (χ0) is 14.1. The summed E-state index contributed by atoms with van der Waals surface area (Å²) < 4.78 is 0. The number of amides is 1. The molecule has 2 heterocycles. The number of aromatic amines is 1. The quantitative estimate of drug-likeness (QED) is 0.883. The second-order valence-electron chi connectivity index (χ2n) is 5.25. The summed E-state index contributed by atoms with van der Waals surface area (Å²) in [4.78, 5) is 20.1. The Morgan fingerprint density at radius 1 is 1.45 bits per heavy atom. The van der Waals surface area contributed by atoms with Crippen molar-refractivity contribution in [1.29, 1.82) is 0 Å². The number of aromatic nitrogens is 1. The molecule has 0 aliphatic carbocycles. The van der Waals surface area contributed by atoms with Crippen LogP contribution in [0, 0.1) is 0 Å². The molecule has 1 aliphatic heterocycles. The van der Waals surface area contributed by atoms with E-state index in [0.717, 1.165) is 23.3 Å². The molecule has 4 heteroatoms. The van der Waals surface area contributed by atoms with E-state index < -0.39 is 0 Å². The maximum Gasteiger partial charge on any atom is 0.245 e. The number of benzene rings is 1. The topological polar surface area (TPSA) is 57.2 Å². The highest BCUT2D eigenvalue weighted by atomic mass is 16.2. The number of nitrogens with zero attached hydrogens (tertiary/aromatic N) is 1. The zero-order valence-corrected chi connectivity index (χ0v) is 11.9. The van der Waals surface area contributed by atoms with Gasteiger partial charge in [0.15, 0.2) is 0 Å². The zero-order valence-electron chi connectivity index (χ0n) is 11.9. The Labute approximate surface area is 118 Å². The smallest absolute Gasteiger partial charge is 0.245 e. The van der Waals surface area contributed by atoms with Gasteiger partial charge in [0.1, 0.15) is 6.04 Å². The lowest BCUT2D eigenvalue weighted by atomic mass is 9.97. The number of hydrogen-bond acceptors (Lipinski definition) is 2. The lowest BCUT2D eigenvalue weighted by Gasteiger charge is -2.19. The molecule has 0 bridgehead atoms. The van der Waals surface area contributed by atoms with Gasteiger partial charge in [-0.25, -0.2) is 0 Å². The standard InChI is InChI=1S/C16H19N3O/c1-3-8-17-16(20)14-9-12-11-6-4-5-7-13(11)19-15(12)10(2)18-14/h4-7,14,19H,3,8-9H2,1-2H3,(H,17,20). The summed E-state index contributed by atoms with van der Waals surface area (Å²) in [5, 5.41) is 4.14. The SMILES string of the molecule is CCCNC(=O)C1Cc2c([nH]c3ccccc23)C(C)=N1. The van der Waals surface area contributed by atoms with Gasteiger partial charge in [0.2, 0.25) is 5.91 Å². The van der Waals surface area contributed by atoms with Gasteiger partial charge in [0.05, 0.1) is 11.4 Å². The van der Waals surface area contributed by atoms with Crippen molar-refractivity contribution in [2.24, 2.45) is 4.99 Å². The van der Waals surface area contributed by atoms with Crippen LogP contribution in [0.25, 0.3) is 10.9 Å². The van der Waals surface area contributed by atoms with E-state index >= 15 is 0 Å². The minimum atomic E-state index is -0.298. The monoisotopic (exact) mass is 269 g/mol. The molecule has 1 aliphatic rings. The van der Waals surface area contributed by atoms with E-state index in [1.165, 1.54) is 10.9 Å². The Kier molecular flexibility index (Phi) is 3.30. The van der Waals surface area contributed by atoms with Crippen molar-refractivity contribution < 1.29 is 4.79 Å². The number of carbonyl (C=O) groups is 1. The van der Waals surface area contributed by atoms with Crippen molar-refractivity contribution in [2.75, 3.05) is 6.54 Å². The van der Waals surface area contributed by atoms with Crippen LogP contribution in [0.4, 0.5) is 0 Å². The molecule has 0 saturated heterocycles. The van der Waals surface area contributed by atoms with E-state index in [4.69, 9.17) is 0 Å². The van der Waals surface area contributed by atoms with Crippen LogP contribution >= 0.6 is 0 Å². The van der Waals surface area contributed by atoms with Gasteiger partial charge in [-0.3, -0.25) is 9.79 Å². The van der Waals surface area contributed by atoms with Crippen LogP contribution in [-0.2, 0) is 11.2 Å². The largest absolute Gasteiger partial charge is 0.354 e. The maximum atomic E-state index is 12.1. The Morgan fingerprint density at radius 3 is 3.05 bits per heavy atom. The summed E-state index contributed by atoms with van der Waals surface area (Å²) in [7, 11) is 0. The van der Waals surface area contributed by atoms with E-state index in [-0.39, 0.29) is 11.9 Å². The summed E-state index contributed by atoms with van der Waals surface area (Å²) in [5.41, 5.74) is 4.32. The first-order valence-corrected chi connectivity index (χ1v) is 7.12. The number of para-hydroxylation sites is 1. The van der Waals surface area contributed by atoms with Crippen molar-refractivity contribution in [3.8, 4) is 0 Å². The highest BCUT2D eigenvalue weighted by Gasteiger charge is 2.27. The number of nitrogens with one attached hydrogen (secondary N) is 2. The summed E-state index contributed by atoms with van der Waals surface area (Å²) in [5.74, 6) is 0.0298. The van der Waals surface area contributed by atoms with Gasteiger partial charge in [0, 0.05) is 23.9 Å². The second-order valence-corrected chi connectivity index (χ2v) is 5.25. The molecule has 2 N–H and O–H groups in total. The van der Waals surface area contributed by atoms with Gasteiger partial charge in [-0.05, 0) is 25.0 Å². The highest BCUT2D eigenvalue weighted by Crippen LogP contribution is 2.28. The first-order valence-electron chi connectivity index (χ1n) is 7.12. The predicted octanol–water partition coefficient (Wildman–Crippen LogP) is 2.43. The maximum absolute atomic E-state index is 12.1. The molecule has 1 amide bonds. The van der Waals surface area contributed by atoms with Gasteiger partial charge < -0.3 is 10.3 Å². The minimum absolute atomic E-state index is 0.0298. The molecule has 1 atom stereocenters. The van der Waals surface area contributed by atoms with Crippen LogP contribution in [0.15, 0.2) is 29.3 Å². The first kappa shape index (κ1) is 12.9. The summed E-state index contributed by atoms with van der Waals surface area (Å²) in [6, 6.07) is 7.91. The Balaban J connectivity index is 1.96. The third-order valence-corrected chi connectivity index (χ3v) is 3.77. The average molecular weight is 269 g/mol. The predicted molar refractivity (Wildman–Crippen MR) is 81.3 cm³/mol. The van der Waals surface area contributed by atoms with E-state index in [0.29, 0.717) is 13.0 Å². The molecule has 1 unspecified atom stereocenters. The molecule has 4 nitrogen and oxygen atoms in total. The molecule has 0 saturated carbocycles. The lowest BCUT2D eigenvalue weighted by Crippen LogP contribution is -2.37. The van der Waals surface area contributed by atoms with Crippen LogP contribution < -0.4 is 5.32 Å². The molecule has 3 rings (SSSR count). The third-order valence-electron chi connectivity index (χ3n) is 3.77. The molecule has 0 radical (unpaired) electrons. The second kappa shape index (κ2) is 5.12. The van der Waals surface area contributed by atoms with Gasteiger partial charge in [-0.2, -0.15) is 0 Å². The van der Waals surface area contributed by atoms with Gasteiger partial charge in [-0.1, -0.05) is 25.1 Å². The lowest BCUT2D eigenvalue weighted by molar-refractivity contribution is -0.122. The van der Waals surface area contributed by atoms with Crippen LogP contribution in [0.3, 0.4) is 0 Å². The molecule has 1 aromatic heterocycles.